The van der Waals surface area contributed by atoms with Crippen molar-refractivity contribution in [3.63, 3.8) is 0 Å². The molecule has 1 fully saturated rings. The standard InChI is InChI=1S/C15H28FN3O2/c1-11-4-3-5-13(10-11)6-8-18-15(21)19-12(2)14(20)17-9-7-16/h11-13H,3-10H2,1-2H3,(H,17,20)(H2,18,19,21). The van der Waals surface area contributed by atoms with Crippen molar-refractivity contribution in [1.82, 2.24) is 16.0 Å². The van der Waals surface area contributed by atoms with Crippen LogP contribution in [0.15, 0.2) is 0 Å². The van der Waals surface area contributed by atoms with Gasteiger partial charge in [0.25, 0.3) is 0 Å². The monoisotopic (exact) mass is 301 g/mol. The lowest BCUT2D eigenvalue weighted by molar-refractivity contribution is -0.122. The maximum atomic E-state index is 11.9. The van der Waals surface area contributed by atoms with Gasteiger partial charge in [-0.3, -0.25) is 4.79 Å². The molecule has 0 bridgehead atoms. The molecule has 3 unspecified atom stereocenters. The Morgan fingerprint density at radius 3 is 2.67 bits per heavy atom. The van der Waals surface area contributed by atoms with Crippen LogP contribution in [0.3, 0.4) is 0 Å². The highest BCUT2D eigenvalue weighted by molar-refractivity contribution is 5.86. The van der Waals surface area contributed by atoms with E-state index in [0.717, 1.165) is 12.3 Å². The van der Waals surface area contributed by atoms with Crippen LogP contribution in [0, 0.1) is 11.8 Å². The van der Waals surface area contributed by atoms with E-state index in [-0.39, 0.29) is 18.5 Å². The highest BCUT2D eigenvalue weighted by Crippen LogP contribution is 2.30. The molecule has 3 atom stereocenters. The number of amides is 3. The van der Waals surface area contributed by atoms with E-state index in [1.54, 1.807) is 6.92 Å². The number of carbonyl (C=O) groups excluding carboxylic acids is 2. The van der Waals surface area contributed by atoms with Crippen LogP contribution in [0.1, 0.15) is 46.0 Å². The summed E-state index contributed by atoms with van der Waals surface area (Å²) in [6, 6.07) is -1.01. The van der Waals surface area contributed by atoms with Crippen LogP contribution in [0.2, 0.25) is 0 Å². The van der Waals surface area contributed by atoms with E-state index in [4.69, 9.17) is 0 Å². The van der Waals surface area contributed by atoms with E-state index < -0.39 is 12.7 Å². The zero-order chi connectivity index (χ0) is 15.7. The first-order valence-corrected chi connectivity index (χ1v) is 7.91. The Bertz CT molecular complexity index is 339. The van der Waals surface area contributed by atoms with Crippen LogP contribution in [0.5, 0.6) is 0 Å². The van der Waals surface area contributed by atoms with Gasteiger partial charge in [0.2, 0.25) is 5.91 Å². The highest BCUT2D eigenvalue weighted by atomic mass is 19.1. The third-order valence-corrected chi connectivity index (χ3v) is 4.02. The van der Waals surface area contributed by atoms with E-state index in [1.807, 2.05) is 0 Å². The first-order chi connectivity index (χ1) is 10.0. The molecular formula is C15H28FN3O2. The van der Waals surface area contributed by atoms with Crippen molar-refractivity contribution in [2.75, 3.05) is 19.8 Å². The summed E-state index contributed by atoms with van der Waals surface area (Å²) in [5.74, 6) is 1.11. The SMILES string of the molecule is CC1CCCC(CCNC(=O)NC(C)C(=O)NCCF)C1. The van der Waals surface area contributed by atoms with Crippen molar-refractivity contribution in [2.24, 2.45) is 11.8 Å². The van der Waals surface area contributed by atoms with Crippen LogP contribution in [0.4, 0.5) is 9.18 Å². The number of alkyl halides is 1. The average molecular weight is 301 g/mol. The summed E-state index contributed by atoms with van der Waals surface area (Å²) in [6.07, 6.45) is 6.07. The van der Waals surface area contributed by atoms with Crippen molar-refractivity contribution in [2.45, 2.75) is 52.0 Å². The van der Waals surface area contributed by atoms with Gasteiger partial charge in [0, 0.05) is 13.1 Å². The van der Waals surface area contributed by atoms with Crippen LogP contribution in [0.25, 0.3) is 0 Å². The molecule has 5 nitrogen and oxygen atoms in total. The smallest absolute Gasteiger partial charge is 0.315 e. The molecule has 0 aliphatic heterocycles. The number of halogens is 1. The second kappa shape index (κ2) is 9.58. The van der Waals surface area contributed by atoms with E-state index in [2.05, 4.69) is 22.9 Å². The molecule has 0 aromatic carbocycles. The fourth-order valence-corrected chi connectivity index (χ4v) is 2.85. The van der Waals surface area contributed by atoms with Crippen LogP contribution in [-0.4, -0.2) is 37.7 Å². The molecular weight excluding hydrogens is 273 g/mol. The minimum atomic E-state index is -0.661. The first kappa shape index (κ1) is 17.7. The van der Waals surface area contributed by atoms with Crippen LogP contribution in [-0.2, 0) is 4.79 Å². The average Bonchev–Trinajstić information content (AvgIpc) is 2.44. The normalized spacial score (nSPS) is 23.2. The lowest BCUT2D eigenvalue weighted by Gasteiger charge is -2.26. The Kier molecular flexibility index (Phi) is 8.08. The fourth-order valence-electron chi connectivity index (χ4n) is 2.85. The number of hydrogen-bond acceptors (Lipinski definition) is 2. The molecule has 21 heavy (non-hydrogen) atoms. The third-order valence-electron chi connectivity index (χ3n) is 4.02. The molecule has 0 heterocycles. The minimum Gasteiger partial charge on any atom is -0.352 e. The number of hydrogen-bond donors (Lipinski definition) is 3. The molecule has 122 valence electrons. The zero-order valence-electron chi connectivity index (χ0n) is 13.1. The molecule has 1 aliphatic rings. The molecule has 0 spiro atoms. The zero-order valence-corrected chi connectivity index (χ0v) is 13.1. The second-order valence-corrected chi connectivity index (χ2v) is 6.03. The van der Waals surface area contributed by atoms with E-state index in [1.165, 1.54) is 25.7 Å². The first-order valence-electron chi connectivity index (χ1n) is 7.91. The van der Waals surface area contributed by atoms with Crippen molar-refractivity contribution < 1.29 is 14.0 Å². The topological polar surface area (TPSA) is 70.2 Å². The molecule has 1 aliphatic carbocycles. The second-order valence-electron chi connectivity index (χ2n) is 6.03. The predicted molar refractivity (Wildman–Crippen MR) is 80.7 cm³/mol. The van der Waals surface area contributed by atoms with E-state index in [0.29, 0.717) is 12.5 Å². The molecule has 0 saturated heterocycles. The maximum absolute atomic E-state index is 11.9. The number of urea groups is 1. The summed E-state index contributed by atoms with van der Waals surface area (Å²) in [7, 11) is 0. The van der Waals surface area contributed by atoms with Gasteiger partial charge < -0.3 is 16.0 Å². The van der Waals surface area contributed by atoms with Gasteiger partial charge in [-0.05, 0) is 31.6 Å². The van der Waals surface area contributed by atoms with Gasteiger partial charge in [-0.15, -0.1) is 0 Å². The third kappa shape index (κ3) is 7.29. The van der Waals surface area contributed by atoms with Gasteiger partial charge in [0.1, 0.15) is 12.7 Å². The number of carbonyl (C=O) groups is 2. The summed E-state index contributed by atoms with van der Waals surface area (Å²) < 4.78 is 11.9. The summed E-state index contributed by atoms with van der Waals surface area (Å²) in [5, 5.41) is 7.73. The lowest BCUT2D eigenvalue weighted by atomic mass is 9.81. The lowest BCUT2D eigenvalue weighted by Crippen LogP contribution is -2.49. The van der Waals surface area contributed by atoms with Crippen molar-refractivity contribution in [3.05, 3.63) is 0 Å². The van der Waals surface area contributed by atoms with Gasteiger partial charge in [-0.25, -0.2) is 9.18 Å². The number of rotatable bonds is 7. The Balaban J connectivity index is 2.14. The van der Waals surface area contributed by atoms with Crippen molar-refractivity contribution in [1.29, 1.82) is 0 Å². The quantitative estimate of drug-likeness (QED) is 0.673. The summed E-state index contributed by atoms with van der Waals surface area (Å²) in [5.41, 5.74) is 0. The molecule has 6 heteroatoms. The van der Waals surface area contributed by atoms with Gasteiger partial charge >= 0.3 is 6.03 Å². The highest BCUT2D eigenvalue weighted by Gasteiger charge is 2.19. The number of nitrogens with one attached hydrogen (secondary N) is 3. The van der Waals surface area contributed by atoms with Gasteiger partial charge in [-0.1, -0.05) is 26.2 Å². The van der Waals surface area contributed by atoms with E-state index >= 15 is 0 Å². The van der Waals surface area contributed by atoms with Crippen LogP contribution >= 0.6 is 0 Å². The Morgan fingerprint density at radius 1 is 1.24 bits per heavy atom. The fraction of sp³-hybridized carbons (Fsp3) is 0.867. The summed E-state index contributed by atoms with van der Waals surface area (Å²) in [6.45, 7) is 3.86. The predicted octanol–water partition coefficient (Wildman–Crippen LogP) is 1.98. The Labute approximate surface area is 126 Å². The maximum Gasteiger partial charge on any atom is 0.315 e. The van der Waals surface area contributed by atoms with Gasteiger partial charge in [-0.2, -0.15) is 0 Å². The van der Waals surface area contributed by atoms with E-state index in [9.17, 15) is 14.0 Å². The molecule has 1 saturated carbocycles. The van der Waals surface area contributed by atoms with Crippen molar-refractivity contribution in [3.8, 4) is 0 Å². The molecule has 0 radical (unpaired) electrons. The molecule has 1 rings (SSSR count). The molecule has 0 aromatic heterocycles. The molecule has 3 amide bonds. The molecule has 0 aromatic rings. The summed E-state index contributed by atoms with van der Waals surface area (Å²) >= 11 is 0. The minimum absolute atomic E-state index is 0.0215. The van der Waals surface area contributed by atoms with Crippen LogP contribution < -0.4 is 16.0 Å². The Hall–Kier alpha value is -1.33. The largest absolute Gasteiger partial charge is 0.352 e. The molecule has 3 N–H and O–H groups in total. The summed E-state index contributed by atoms with van der Waals surface area (Å²) in [4.78, 5) is 23.1. The van der Waals surface area contributed by atoms with Crippen molar-refractivity contribution >= 4 is 11.9 Å². The Morgan fingerprint density at radius 2 is 2.00 bits per heavy atom. The van der Waals surface area contributed by atoms with Gasteiger partial charge in [0.15, 0.2) is 0 Å². The van der Waals surface area contributed by atoms with Gasteiger partial charge in [0.05, 0.1) is 0 Å².